The van der Waals surface area contributed by atoms with Crippen molar-refractivity contribution in [1.82, 2.24) is 10.2 Å². The van der Waals surface area contributed by atoms with Crippen LogP contribution >= 0.6 is 0 Å². The molecule has 1 heterocycles. The van der Waals surface area contributed by atoms with E-state index in [4.69, 9.17) is 4.74 Å². The third-order valence-corrected chi connectivity index (χ3v) is 3.98. The van der Waals surface area contributed by atoms with Crippen LogP contribution in [-0.2, 0) is 19.1 Å². The molecular formula is C16H24N2O5. The maximum Gasteiger partial charge on any atom is 0.407 e. The van der Waals surface area contributed by atoms with E-state index in [0.717, 1.165) is 0 Å². The Morgan fingerprint density at radius 2 is 1.96 bits per heavy atom. The van der Waals surface area contributed by atoms with E-state index in [1.165, 1.54) is 25.2 Å². The van der Waals surface area contributed by atoms with Crippen molar-refractivity contribution in [2.24, 2.45) is 0 Å². The van der Waals surface area contributed by atoms with Crippen molar-refractivity contribution >= 4 is 18.0 Å². The van der Waals surface area contributed by atoms with Gasteiger partial charge in [0.25, 0.3) is 0 Å². The van der Waals surface area contributed by atoms with E-state index in [9.17, 15) is 14.4 Å². The normalized spacial score (nSPS) is 21.2. The highest BCUT2D eigenvalue weighted by atomic mass is 16.5. The van der Waals surface area contributed by atoms with Gasteiger partial charge in [-0.3, -0.25) is 4.79 Å². The predicted octanol–water partition coefficient (Wildman–Crippen LogP) is 1.40. The molecule has 0 saturated carbocycles. The van der Waals surface area contributed by atoms with Crippen molar-refractivity contribution < 1.29 is 23.9 Å². The van der Waals surface area contributed by atoms with Crippen molar-refractivity contribution in [2.75, 3.05) is 20.8 Å². The molecular weight excluding hydrogens is 300 g/mol. The number of ether oxygens (including phenoxy) is 2. The highest BCUT2D eigenvalue weighted by Gasteiger charge is 2.50. The maximum absolute atomic E-state index is 12.9. The van der Waals surface area contributed by atoms with Crippen LogP contribution in [0.15, 0.2) is 25.3 Å². The van der Waals surface area contributed by atoms with Crippen LogP contribution in [0.25, 0.3) is 0 Å². The molecule has 0 aromatic carbocycles. The lowest BCUT2D eigenvalue weighted by atomic mass is 9.91. The summed E-state index contributed by atoms with van der Waals surface area (Å²) in [5.41, 5.74) is -1.06. The number of carbonyl (C=O) groups is 3. The quantitative estimate of drug-likeness (QED) is 0.565. The van der Waals surface area contributed by atoms with Gasteiger partial charge in [-0.15, -0.1) is 13.2 Å². The second-order valence-electron chi connectivity index (χ2n) is 5.32. The number of amides is 2. The summed E-state index contributed by atoms with van der Waals surface area (Å²) < 4.78 is 9.44. The van der Waals surface area contributed by atoms with Crippen LogP contribution in [0, 0.1) is 0 Å². The number of esters is 1. The summed E-state index contributed by atoms with van der Waals surface area (Å²) in [4.78, 5) is 38.1. The number of likely N-dealkylation sites (tertiary alicyclic amines) is 1. The van der Waals surface area contributed by atoms with Crippen molar-refractivity contribution in [2.45, 2.75) is 37.3 Å². The smallest absolute Gasteiger partial charge is 0.407 e. The van der Waals surface area contributed by atoms with Gasteiger partial charge in [-0.25, -0.2) is 9.59 Å². The average Bonchev–Trinajstić information content (AvgIpc) is 2.97. The number of hydrogen-bond donors (Lipinski definition) is 1. The van der Waals surface area contributed by atoms with Gasteiger partial charge < -0.3 is 19.7 Å². The van der Waals surface area contributed by atoms with Gasteiger partial charge in [0.1, 0.15) is 11.6 Å². The summed E-state index contributed by atoms with van der Waals surface area (Å²) in [6.07, 6.45) is 4.11. The Balaban J connectivity index is 3.09. The van der Waals surface area contributed by atoms with Gasteiger partial charge >= 0.3 is 12.1 Å². The number of nitrogens with zero attached hydrogens (tertiary/aromatic N) is 1. The molecule has 7 nitrogen and oxygen atoms in total. The van der Waals surface area contributed by atoms with Crippen molar-refractivity contribution in [3.8, 4) is 0 Å². The number of nitrogens with one attached hydrogen (secondary N) is 1. The Labute approximate surface area is 136 Å². The first kappa shape index (κ1) is 18.7. The lowest BCUT2D eigenvalue weighted by Gasteiger charge is -2.37. The van der Waals surface area contributed by atoms with Gasteiger partial charge in [-0.1, -0.05) is 12.2 Å². The van der Waals surface area contributed by atoms with Crippen LogP contribution < -0.4 is 5.32 Å². The molecule has 23 heavy (non-hydrogen) atoms. The van der Waals surface area contributed by atoms with E-state index in [1.54, 1.807) is 6.08 Å². The zero-order chi connectivity index (χ0) is 17.5. The fraction of sp³-hybridized carbons (Fsp3) is 0.562. The van der Waals surface area contributed by atoms with Gasteiger partial charge in [0.15, 0.2) is 0 Å². The predicted molar refractivity (Wildman–Crippen MR) is 84.7 cm³/mol. The molecule has 128 valence electrons. The minimum Gasteiger partial charge on any atom is -0.467 e. The highest BCUT2D eigenvalue weighted by molar-refractivity contribution is 5.92. The van der Waals surface area contributed by atoms with E-state index in [-0.39, 0.29) is 12.3 Å². The monoisotopic (exact) mass is 324 g/mol. The largest absolute Gasteiger partial charge is 0.467 e. The molecule has 0 aliphatic carbocycles. The number of alkyl carbamates (subject to hydrolysis) is 1. The zero-order valence-corrected chi connectivity index (χ0v) is 13.7. The Kier molecular flexibility index (Phi) is 6.81. The third-order valence-electron chi connectivity index (χ3n) is 3.98. The molecule has 1 N–H and O–H groups in total. The van der Waals surface area contributed by atoms with Crippen LogP contribution in [0.3, 0.4) is 0 Å². The molecule has 1 aliphatic heterocycles. The van der Waals surface area contributed by atoms with Crippen LogP contribution in [0.2, 0.25) is 0 Å². The maximum atomic E-state index is 12.9. The SMILES string of the molecule is C=CC[C@H](NC(=O)OC)C(=O)N1CCC[C@@]1(CC=C)C(=O)OC. The first-order valence-corrected chi connectivity index (χ1v) is 7.43. The van der Waals surface area contributed by atoms with Gasteiger partial charge in [0.05, 0.1) is 14.2 Å². The molecule has 0 radical (unpaired) electrons. The molecule has 1 saturated heterocycles. The van der Waals surface area contributed by atoms with Crippen molar-refractivity contribution in [3.05, 3.63) is 25.3 Å². The number of carbonyl (C=O) groups excluding carboxylic acids is 3. The fourth-order valence-electron chi connectivity index (χ4n) is 2.91. The zero-order valence-electron chi connectivity index (χ0n) is 13.7. The molecule has 2 amide bonds. The van der Waals surface area contributed by atoms with E-state index in [1.807, 2.05) is 0 Å². The molecule has 1 aliphatic rings. The van der Waals surface area contributed by atoms with Gasteiger partial charge in [-0.05, 0) is 25.7 Å². The van der Waals surface area contributed by atoms with Crippen LogP contribution in [-0.4, -0.2) is 55.2 Å². The summed E-state index contributed by atoms with van der Waals surface area (Å²) in [5.74, 6) is -0.835. The van der Waals surface area contributed by atoms with Gasteiger partial charge in [0, 0.05) is 6.54 Å². The van der Waals surface area contributed by atoms with E-state index >= 15 is 0 Å². The van der Waals surface area contributed by atoms with Crippen molar-refractivity contribution in [3.63, 3.8) is 0 Å². The summed E-state index contributed by atoms with van der Waals surface area (Å²) in [7, 11) is 2.51. The summed E-state index contributed by atoms with van der Waals surface area (Å²) in [6.45, 7) is 7.68. The molecule has 1 fully saturated rings. The number of hydrogen-bond acceptors (Lipinski definition) is 5. The molecule has 2 atom stereocenters. The van der Waals surface area contributed by atoms with Crippen molar-refractivity contribution in [1.29, 1.82) is 0 Å². The molecule has 0 unspecified atom stereocenters. The first-order chi connectivity index (χ1) is 11.0. The third kappa shape index (κ3) is 3.91. The summed E-state index contributed by atoms with van der Waals surface area (Å²) >= 11 is 0. The van der Waals surface area contributed by atoms with E-state index in [0.29, 0.717) is 25.8 Å². The Hall–Kier alpha value is -2.31. The standard InChI is InChI=1S/C16H24N2O5/c1-5-8-12(17-15(21)23-4)13(19)18-11-7-10-16(18,9-6-2)14(20)22-3/h5-6,12H,1-2,7-11H2,3-4H3,(H,17,21)/t12-,16-/m0/s1. The number of rotatable bonds is 7. The first-order valence-electron chi connectivity index (χ1n) is 7.43. The summed E-state index contributed by atoms with van der Waals surface area (Å²) in [6, 6.07) is -0.841. The molecule has 0 aromatic rings. The van der Waals surface area contributed by atoms with Gasteiger partial charge in [0.2, 0.25) is 5.91 Å². The Morgan fingerprint density at radius 3 is 2.48 bits per heavy atom. The highest BCUT2D eigenvalue weighted by Crippen LogP contribution is 2.35. The topological polar surface area (TPSA) is 84.9 Å². The minimum absolute atomic E-state index is 0.232. The molecule has 7 heteroatoms. The lowest BCUT2D eigenvalue weighted by Crippen LogP contribution is -2.58. The van der Waals surface area contributed by atoms with Gasteiger partial charge in [-0.2, -0.15) is 0 Å². The van der Waals surface area contributed by atoms with E-state index in [2.05, 4.69) is 23.2 Å². The molecule has 1 rings (SSSR count). The fourth-order valence-corrected chi connectivity index (χ4v) is 2.91. The second-order valence-corrected chi connectivity index (χ2v) is 5.32. The second kappa shape index (κ2) is 8.36. The minimum atomic E-state index is -1.06. The average molecular weight is 324 g/mol. The van der Waals surface area contributed by atoms with Crippen LogP contribution in [0.1, 0.15) is 25.7 Å². The lowest BCUT2D eigenvalue weighted by molar-refractivity contribution is -0.159. The van der Waals surface area contributed by atoms with Crippen LogP contribution in [0.4, 0.5) is 4.79 Å². The number of methoxy groups -OCH3 is 2. The molecule has 0 bridgehead atoms. The Morgan fingerprint density at radius 1 is 1.26 bits per heavy atom. The Bertz CT molecular complexity index is 491. The van der Waals surface area contributed by atoms with Crippen LogP contribution in [0.5, 0.6) is 0 Å². The molecule has 0 aromatic heterocycles. The summed E-state index contributed by atoms with van der Waals surface area (Å²) in [5, 5.41) is 2.48. The van der Waals surface area contributed by atoms with E-state index < -0.39 is 23.6 Å². The molecule has 0 spiro atoms.